The fraction of sp³-hybridized carbons (Fsp3) is 0.632. The van der Waals surface area contributed by atoms with Gasteiger partial charge in [0.2, 0.25) is 0 Å². The van der Waals surface area contributed by atoms with Crippen molar-refractivity contribution < 1.29 is 14.2 Å². The minimum atomic E-state index is 0.299. The lowest BCUT2D eigenvalue weighted by Crippen LogP contribution is -2.38. The highest BCUT2D eigenvalue weighted by molar-refractivity contribution is 5.79. The molecule has 2 rings (SSSR count). The van der Waals surface area contributed by atoms with Crippen LogP contribution in [0.1, 0.15) is 31.7 Å². The second-order valence-corrected chi connectivity index (χ2v) is 6.00. The third kappa shape index (κ3) is 7.32. The molecule has 1 heterocycles. The maximum atomic E-state index is 5.68. The summed E-state index contributed by atoms with van der Waals surface area (Å²) in [5.41, 5.74) is 1.07. The molecule has 1 saturated heterocycles. The van der Waals surface area contributed by atoms with E-state index in [1.807, 2.05) is 24.3 Å². The van der Waals surface area contributed by atoms with Gasteiger partial charge in [0, 0.05) is 31.9 Å². The van der Waals surface area contributed by atoms with Crippen molar-refractivity contribution in [3.05, 3.63) is 29.8 Å². The number of benzene rings is 1. The van der Waals surface area contributed by atoms with Gasteiger partial charge in [-0.1, -0.05) is 18.2 Å². The lowest BCUT2D eigenvalue weighted by atomic mass is 10.2. The molecule has 0 radical (unpaired) electrons. The molecule has 1 aliphatic rings. The van der Waals surface area contributed by atoms with E-state index >= 15 is 0 Å². The Kier molecular flexibility index (Phi) is 9.15. The first-order valence-electron chi connectivity index (χ1n) is 9.17. The van der Waals surface area contributed by atoms with E-state index in [2.05, 4.69) is 22.5 Å². The predicted molar refractivity (Wildman–Crippen MR) is 100 cm³/mol. The molecule has 0 bridgehead atoms. The molecule has 140 valence electrons. The Balaban J connectivity index is 1.68. The highest BCUT2D eigenvalue weighted by Crippen LogP contribution is 2.17. The number of methoxy groups -OCH3 is 1. The normalized spacial score (nSPS) is 17.5. The topological polar surface area (TPSA) is 64.1 Å². The Bertz CT molecular complexity index is 516. The van der Waals surface area contributed by atoms with Crippen LogP contribution in [0.2, 0.25) is 0 Å². The molecule has 1 aromatic carbocycles. The van der Waals surface area contributed by atoms with Crippen LogP contribution in [0, 0.1) is 0 Å². The summed E-state index contributed by atoms with van der Waals surface area (Å²) in [6.45, 7) is 6.61. The van der Waals surface area contributed by atoms with Gasteiger partial charge in [0.25, 0.3) is 0 Å². The zero-order valence-corrected chi connectivity index (χ0v) is 15.4. The minimum Gasteiger partial charge on any atom is -0.496 e. The van der Waals surface area contributed by atoms with Gasteiger partial charge in [0.05, 0.1) is 26.4 Å². The van der Waals surface area contributed by atoms with Gasteiger partial charge in [-0.15, -0.1) is 0 Å². The van der Waals surface area contributed by atoms with Crippen LogP contribution in [0.25, 0.3) is 0 Å². The van der Waals surface area contributed by atoms with Crippen molar-refractivity contribution in [2.45, 2.75) is 38.8 Å². The molecule has 1 aromatic rings. The van der Waals surface area contributed by atoms with Gasteiger partial charge in [0.15, 0.2) is 5.96 Å². The second kappa shape index (κ2) is 11.7. The zero-order chi connectivity index (χ0) is 17.7. The Hall–Kier alpha value is -1.79. The van der Waals surface area contributed by atoms with E-state index in [0.717, 1.165) is 62.8 Å². The van der Waals surface area contributed by atoms with Crippen LogP contribution in [0.4, 0.5) is 0 Å². The van der Waals surface area contributed by atoms with Crippen LogP contribution in [-0.2, 0) is 16.0 Å². The average Bonchev–Trinajstić information content (AvgIpc) is 3.16. The first kappa shape index (κ1) is 19.5. The van der Waals surface area contributed by atoms with Gasteiger partial charge < -0.3 is 24.8 Å². The molecule has 0 amide bonds. The Morgan fingerprint density at radius 2 is 2.20 bits per heavy atom. The molecule has 1 atom stereocenters. The smallest absolute Gasteiger partial charge is 0.191 e. The number of hydrogen-bond acceptors (Lipinski definition) is 4. The van der Waals surface area contributed by atoms with E-state index in [4.69, 9.17) is 14.2 Å². The van der Waals surface area contributed by atoms with E-state index in [0.29, 0.717) is 19.3 Å². The van der Waals surface area contributed by atoms with Gasteiger partial charge in [0.1, 0.15) is 5.75 Å². The van der Waals surface area contributed by atoms with Gasteiger partial charge >= 0.3 is 0 Å². The summed E-state index contributed by atoms with van der Waals surface area (Å²) in [6.07, 6.45) is 3.52. The number of ether oxygens (including phenoxy) is 3. The molecule has 1 fully saturated rings. The van der Waals surface area contributed by atoms with Crippen molar-refractivity contribution in [1.29, 1.82) is 0 Å². The summed E-state index contributed by atoms with van der Waals surface area (Å²) in [6, 6.07) is 7.95. The number of hydrogen-bond donors (Lipinski definition) is 2. The van der Waals surface area contributed by atoms with Crippen LogP contribution in [-0.4, -0.2) is 52.1 Å². The van der Waals surface area contributed by atoms with Crippen molar-refractivity contribution in [1.82, 2.24) is 10.6 Å². The molecule has 1 aliphatic heterocycles. The van der Waals surface area contributed by atoms with Crippen LogP contribution in [0.3, 0.4) is 0 Å². The number of nitrogens with zero attached hydrogens (tertiary/aromatic N) is 1. The summed E-state index contributed by atoms with van der Waals surface area (Å²) in [4.78, 5) is 4.63. The van der Waals surface area contributed by atoms with Gasteiger partial charge in [-0.05, 0) is 32.3 Å². The Morgan fingerprint density at radius 3 is 2.96 bits per heavy atom. The largest absolute Gasteiger partial charge is 0.496 e. The predicted octanol–water partition coefficient (Wildman–Crippen LogP) is 2.34. The molecular weight excluding hydrogens is 318 g/mol. The number of rotatable bonds is 10. The highest BCUT2D eigenvalue weighted by atomic mass is 16.5. The summed E-state index contributed by atoms with van der Waals surface area (Å²) in [5, 5.41) is 6.61. The molecular formula is C19H31N3O3. The van der Waals surface area contributed by atoms with Gasteiger partial charge in [-0.2, -0.15) is 0 Å². The first-order valence-corrected chi connectivity index (χ1v) is 9.17. The van der Waals surface area contributed by atoms with E-state index in [1.165, 1.54) is 0 Å². The Labute approximate surface area is 151 Å². The van der Waals surface area contributed by atoms with Gasteiger partial charge in [-0.3, -0.25) is 0 Å². The summed E-state index contributed by atoms with van der Waals surface area (Å²) in [5.74, 6) is 1.68. The fourth-order valence-electron chi connectivity index (χ4n) is 2.71. The molecule has 0 aromatic heterocycles. The van der Waals surface area contributed by atoms with Crippen molar-refractivity contribution in [3.63, 3.8) is 0 Å². The van der Waals surface area contributed by atoms with Crippen molar-refractivity contribution in [2.75, 3.05) is 40.0 Å². The highest BCUT2D eigenvalue weighted by Gasteiger charge is 2.14. The van der Waals surface area contributed by atoms with Crippen molar-refractivity contribution in [3.8, 4) is 5.75 Å². The van der Waals surface area contributed by atoms with Crippen LogP contribution >= 0.6 is 0 Å². The molecule has 2 N–H and O–H groups in total. The average molecular weight is 349 g/mol. The number of para-hydroxylation sites is 1. The zero-order valence-electron chi connectivity index (χ0n) is 15.4. The van der Waals surface area contributed by atoms with Gasteiger partial charge in [-0.25, -0.2) is 4.99 Å². The first-order chi connectivity index (χ1) is 12.3. The molecule has 1 unspecified atom stereocenters. The molecule has 0 saturated carbocycles. The van der Waals surface area contributed by atoms with E-state index < -0.39 is 0 Å². The lowest BCUT2D eigenvalue weighted by molar-refractivity contribution is 0.0168. The van der Waals surface area contributed by atoms with E-state index in [1.54, 1.807) is 7.11 Å². The lowest BCUT2D eigenvalue weighted by Gasteiger charge is -2.13. The molecule has 6 heteroatoms. The number of guanidine groups is 1. The summed E-state index contributed by atoms with van der Waals surface area (Å²) < 4.78 is 16.6. The van der Waals surface area contributed by atoms with Crippen LogP contribution < -0.4 is 15.4 Å². The fourth-order valence-corrected chi connectivity index (χ4v) is 2.71. The summed E-state index contributed by atoms with van der Waals surface area (Å²) >= 11 is 0. The van der Waals surface area contributed by atoms with Crippen molar-refractivity contribution in [2.24, 2.45) is 4.99 Å². The van der Waals surface area contributed by atoms with E-state index in [9.17, 15) is 0 Å². The third-order valence-corrected chi connectivity index (χ3v) is 4.03. The monoisotopic (exact) mass is 349 g/mol. The maximum Gasteiger partial charge on any atom is 0.191 e. The quantitative estimate of drug-likeness (QED) is 0.386. The van der Waals surface area contributed by atoms with Crippen LogP contribution in [0.5, 0.6) is 5.75 Å². The third-order valence-electron chi connectivity index (χ3n) is 4.03. The minimum absolute atomic E-state index is 0.299. The molecule has 0 spiro atoms. The number of nitrogens with one attached hydrogen (secondary N) is 2. The summed E-state index contributed by atoms with van der Waals surface area (Å²) in [7, 11) is 1.68. The number of aliphatic imine (C=N–C) groups is 1. The second-order valence-electron chi connectivity index (χ2n) is 6.00. The van der Waals surface area contributed by atoms with Crippen LogP contribution in [0.15, 0.2) is 29.3 Å². The Morgan fingerprint density at radius 1 is 1.32 bits per heavy atom. The standard InChI is InChI=1S/C19H31N3O3/c1-3-20-19(22-14-16-8-4-5-10-18(16)23-2)21-11-7-12-24-15-17-9-6-13-25-17/h4-5,8,10,17H,3,6-7,9,11-15H2,1-2H3,(H2,20,21,22). The maximum absolute atomic E-state index is 5.68. The molecule has 25 heavy (non-hydrogen) atoms. The molecule has 6 nitrogen and oxygen atoms in total. The SMILES string of the molecule is CCNC(=NCc1ccccc1OC)NCCCOCC1CCCO1. The van der Waals surface area contributed by atoms with E-state index in [-0.39, 0.29) is 0 Å². The molecule has 0 aliphatic carbocycles. The van der Waals surface area contributed by atoms with Crippen molar-refractivity contribution >= 4 is 5.96 Å².